The van der Waals surface area contributed by atoms with E-state index in [1.54, 1.807) is 0 Å². The van der Waals surface area contributed by atoms with Crippen LogP contribution in [-0.4, -0.2) is 36.5 Å². The van der Waals surface area contributed by atoms with Gasteiger partial charge in [0, 0.05) is 36.9 Å². The largest absolute Gasteiger partial charge is 0.371 e. The number of benzene rings is 1. The molecule has 1 aromatic carbocycles. The van der Waals surface area contributed by atoms with E-state index in [1.807, 2.05) is 25.1 Å². The number of carbonyl (C=O) groups excluding carboxylic acids is 2. The number of anilines is 2. The minimum Gasteiger partial charge on any atom is -0.371 e. The molecule has 2 aliphatic rings. The second kappa shape index (κ2) is 10.9. The Morgan fingerprint density at radius 3 is 2.43 bits per heavy atom. The smallest absolute Gasteiger partial charge is 0.240 e. The van der Waals surface area contributed by atoms with Crippen molar-refractivity contribution >= 4 is 48.0 Å². The Labute approximate surface area is 179 Å². The molecule has 8 heteroatoms. The summed E-state index contributed by atoms with van der Waals surface area (Å²) in [4.78, 5) is 27.0. The number of amides is 2. The molecule has 1 atom stereocenters. The molecular weight excluding hydrogens is 399 g/mol. The molecule has 0 spiro atoms. The highest BCUT2D eigenvalue weighted by Gasteiger charge is 2.37. The van der Waals surface area contributed by atoms with Crippen molar-refractivity contribution in [3.05, 3.63) is 24.3 Å². The summed E-state index contributed by atoms with van der Waals surface area (Å²) in [7, 11) is 0. The second-order valence-corrected chi connectivity index (χ2v) is 7.73. The lowest BCUT2D eigenvalue weighted by Gasteiger charge is -2.25. The van der Waals surface area contributed by atoms with Crippen molar-refractivity contribution in [1.82, 2.24) is 5.32 Å². The van der Waals surface area contributed by atoms with Crippen molar-refractivity contribution in [3.63, 3.8) is 0 Å². The third-order valence-corrected chi connectivity index (χ3v) is 5.42. The molecule has 1 unspecified atom stereocenters. The summed E-state index contributed by atoms with van der Waals surface area (Å²) in [6.07, 6.45) is 6.10. The van der Waals surface area contributed by atoms with Gasteiger partial charge >= 0.3 is 0 Å². The number of rotatable bonds is 6. The van der Waals surface area contributed by atoms with Gasteiger partial charge in [-0.3, -0.25) is 9.59 Å². The molecule has 6 nitrogen and oxygen atoms in total. The molecule has 0 bridgehead atoms. The van der Waals surface area contributed by atoms with E-state index in [-0.39, 0.29) is 49.1 Å². The molecule has 1 heterocycles. The van der Waals surface area contributed by atoms with Crippen LogP contribution in [0.4, 0.5) is 11.4 Å². The highest BCUT2D eigenvalue weighted by Crippen LogP contribution is 2.27. The van der Waals surface area contributed by atoms with E-state index in [9.17, 15) is 9.59 Å². The van der Waals surface area contributed by atoms with Crippen LogP contribution in [0.5, 0.6) is 0 Å². The fourth-order valence-electron chi connectivity index (χ4n) is 3.90. The lowest BCUT2D eigenvalue weighted by Crippen LogP contribution is -2.54. The van der Waals surface area contributed by atoms with Gasteiger partial charge in [0.1, 0.15) is 0 Å². The summed E-state index contributed by atoms with van der Waals surface area (Å²) in [6, 6.07) is 7.71. The molecule has 0 aromatic heterocycles. The van der Waals surface area contributed by atoms with E-state index in [2.05, 4.69) is 21.6 Å². The molecule has 28 heavy (non-hydrogen) atoms. The summed E-state index contributed by atoms with van der Waals surface area (Å²) >= 11 is 0. The van der Waals surface area contributed by atoms with Gasteiger partial charge in [0.2, 0.25) is 11.8 Å². The number of hydrogen-bond donors (Lipinski definition) is 3. The van der Waals surface area contributed by atoms with Gasteiger partial charge in [-0.2, -0.15) is 0 Å². The highest BCUT2D eigenvalue weighted by molar-refractivity contribution is 5.92. The van der Waals surface area contributed by atoms with Gasteiger partial charge in [0.15, 0.2) is 0 Å². The molecule has 2 amide bonds. The van der Waals surface area contributed by atoms with Crippen LogP contribution in [0.15, 0.2) is 24.3 Å². The Morgan fingerprint density at radius 2 is 1.79 bits per heavy atom. The number of halogens is 2. The molecule has 1 aliphatic heterocycles. The zero-order chi connectivity index (χ0) is 18.6. The molecule has 158 valence electrons. The van der Waals surface area contributed by atoms with Gasteiger partial charge < -0.3 is 21.3 Å². The number of nitrogens with two attached hydrogens (primary N) is 1. The summed E-state index contributed by atoms with van der Waals surface area (Å²) in [5, 5.41) is 5.84. The predicted octanol–water partition coefficient (Wildman–Crippen LogP) is 3.24. The van der Waals surface area contributed by atoms with Crippen molar-refractivity contribution in [2.45, 2.75) is 63.5 Å². The molecule has 2 fully saturated rings. The minimum absolute atomic E-state index is 0. The van der Waals surface area contributed by atoms with Crippen LogP contribution in [0, 0.1) is 0 Å². The quantitative estimate of drug-likeness (QED) is 0.646. The summed E-state index contributed by atoms with van der Waals surface area (Å²) in [5.41, 5.74) is 7.35. The first-order valence-corrected chi connectivity index (χ1v) is 9.71. The Balaban J connectivity index is 0.00000196. The summed E-state index contributed by atoms with van der Waals surface area (Å²) in [5.74, 6) is -0.236. The van der Waals surface area contributed by atoms with Crippen LogP contribution in [0.25, 0.3) is 0 Å². The number of hydrogen-bond acceptors (Lipinski definition) is 4. The molecule has 1 aromatic rings. The van der Waals surface area contributed by atoms with Gasteiger partial charge in [0.05, 0.1) is 5.54 Å². The Morgan fingerprint density at radius 1 is 1.14 bits per heavy atom. The molecule has 1 saturated carbocycles. The van der Waals surface area contributed by atoms with Gasteiger partial charge in [0.25, 0.3) is 0 Å². The topological polar surface area (TPSA) is 87.5 Å². The van der Waals surface area contributed by atoms with Crippen LogP contribution < -0.4 is 21.3 Å². The van der Waals surface area contributed by atoms with E-state index in [1.165, 1.54) is 12.8 Å². The Bertz CT molecular complexity index is 659. The number of nitrogens with one attached hydrogen (secondary N) is 2. The van der Waals surface area contributed by atoms with E-state index in [0.717, 1.165) is 50.1 Å². The zero-order valence-corrected chi connectivity index (χ0v) is 18.0. The van der Waals surface area contributed by atoms with Crippen molar-refractivity contribution in [1.29, 1.82) is 0 Å². The van der Waals surface area contributed by atoms with Crippen LogP contribution in [0.3, 0.4) is 0 Å². The van der Waals surface area contributed by atoms with Crippen LogP contribution in [0.1, 0.15) is 51.9 Å². The van der Waals surface area contributed by atoms with Crippen LogP contribution >= 0.6 is 24.8 Å². The molecule has 1 saturated heterocycles. The van der Waals surface area contributed by atoms with E-state index < -0.39 is 5.54 Å². The monoisotopic (exact) mass is 430 g/mol. The average molecular weight is 431 g/mol. The first-order valence-electron chi connectivity index (χ1n) is 9.71. The SMILES string of the molecule is CC(CC(=O)Nc1cccc(N2CCCC2)c1)NC(=O)C1(N)CCCC1.Cl.Cl. The van der Waals surface area contributed by atoms with Crippen LogP contribution in [0.2, 0.25) is 0 Å². The Kier molecular flexibility index (Phi) is 9.54. The third kappa shape index (κ3) is 6.26. The van der Waals surface area contributed by atoms with Gasteiger partial charge in [-0.1, -0.05) is 18.9 Å². The third-order valence-electron chi connectivity index (χ3n) is 5.42. The van der Waals surface area contributed by atoms with Crippen molar-refractivity contribution < 1.29 is 9.59 Å². The highest BCUT2D eigenvalue weighted by atomic mass is 35.5. The van der Waals surface area contributed by atoms with Gasteiger partial charge in [-0.25, -0.2) is 0 Å². The minimum atomic E-state index is -0.755. The van der Waals surface area contributed by atoms with Crippen molar-refractivity contribution in [2.75, 3.05) is 23.3 Å². The Hall–Kier alpha value is -1.50. The maximum absolute atomic E-state index is 12.3. The summed E-state index contributed by atoms with van der Waals surface area (Å²) in [6.45, 7) is 3.99. The summed E-state index contributed by atoms with van der Waals surface area (Å²) < 4.78 is 0. The normalized spacial score (nSPS) is 18.6. The maximum atomic E-state index is 12.3. The van der Waals surface area contributed by atoms with Gasteiger partial charge in [-0.05, 0) is 50.8 Å². The lowest BCUT2D eigenvalue weighted by molar-refractivity contribution is -0.127. The predicted molar refractivity (Wildman–Crippen MR) is 119 cm³/mol. The van der Waals surface area contributed by atoms with Crippen molar-refractivity contribution in [3.8, 4) is 0 Å². The molecule has 1 aliphatic carbocycles. The molecule has 4 N–H and O–H groups in total. The molecule has 0 radical (unpaired) electrons. The van der Waals surface area contributed by atoms with E-state index in [0.29, 0.717) is 0 Å². The first kappa shape index (κ1) is 24.5. The fourth-order valence-corrected chi connectivity index (χ4v) is 3.90. The molecule has 3 rings (SSSR count). The van der Waals surface area contributed by atoms with E-state index in [4.69, 9.17) is 5.73 Å². The average Bonchev–Trinajstić information content (AvgIpc) is 3.27. The van der Waals surface area contributed by atoms with Crippen molar-refractivity contribution in [2.24, 2.45) is 5.73 Å². The lowest BCUT2D eigenvalue weighted by atomic mass is 9.97. The fraction of sp³-hybridized carbons (Fsp3) is 0.600. The first-order chi connectivity index (χ1) is 12.5. The van der Waals surface area contributed by atoms with Crippen LogP contribution in [-0.2, 0) is 9.59 Å². The maximum Gasteiger partial charge on any atom is 0.240 e. The zero-order valence-electron chi connectivity index (χ0n) is 16.4. The van der Waals surface area contributed by atoms with Gasteiger partial charge in [-0.15, -0.1) is 24.8 Å². The second-order valence-electron chi connectivity index (χ2n) is 7.73. The number of nitrogens with zero attached hydrogens (tertiary/aromatic N) is 1. The standard InChI is InChI=1S/C20H30N4O2.2ClH/c1-15(22-19(26)20(21)9-2-3-10-20)13-18(25)23-16-7-6-8-17(14-16)24-11-4-5-12-24;;/h6-8,14-15H,2-5,9-13,21H2,1H3,(H,22,26)(H,23,25);2*1H. The van der Waals surface area contributed by atoms with E-state index >= 15 is 0 Å². The number of carbonyl (C=O) groups is 2. The molecular formula is C20H32Cl2N4O2.